The molecular weight excluding hydrogens is 417 g/mol. The van der Waals surface area contributed by atoms with E-state index in [1.54, 1.807) is 0 Å². The molecule has 0 bridgehead atoms. The molecule has 1 amide bonds. The number of carbonyl (C=O) groups excluding carboxylic acids is 2. The van der Waals surface area contributed by atoms with Gasteiger partial charge in [0.05, 0.1) is 11.6 Å². The van der Waals surface area contributed by atoms with Crippen LogP contribution < -0.4 is 5.32 Å². The molecule has 0 saturated carbocycles. The summed E-state index contributed by atoms with van der Waals surface area (Å²) in [6.07, 6.45) is -5.82. The Bertz CT molecular complexity index is 823. The van der Waals surface area contributed by atoms with Crippen LogP contribution in [0.3, 0.4) is 0 Å². The van der Waals surface area contributed by atoms with E-state index in [0.717, 1.165) is 0 Å². The summed E-state index contributed by atoms with van der Waals surface area (Å²) in [7, 11) is 0. The molecule has 12 heteroatoms. The van der Waals surface area contributed by atoms with E-state index in [2.05, 4.69) is 10.4 Å². The molecule has 0 radical (unpaired) electrons. The van der Waals surface area contributed by atoms with Gasteiger partial charge in [-0.1, -0.05) is 11.6 Å². The highest BCUT2D eigenvalue weighted by molar-refractivity contribution is 6.63. The Morgan fingerprint density at radius 3 is 2.52 bits per heavy atom. The molecule has 0 aliphatic rings. The average Bonchev–Trinajstić information content (AvgIpc) is 3.16. The molecule has 1 N–H and O–H groups in total. The van der Waals surface area contributed by atoms with Crippen molar-refractivity contribution < 1.29 is 31.6 Å². The summed E-state index contributed by atoms with van der Waals surface area (Å²) in [6, 6.07) is 2.61. The molecule has 2 aromatic heterocycles. The Labute approximate surface area is 160 Å². The Hall–Kier alpha value is -2.07. The minimum atomic E-state index is -3.13. The number of amides is 1. The lowest BCUT2D eigenvalue weighted by Crippen LogP contribution is -2.24. The lowest BCUT2D eigenvalue weighted by atomic mass is 10.3. The van der Waals surface area contributed by atoms with Crippen molar-refractivity contribution in [2.24, 2.45) is 0 Å². The predicted octanol–water partition coefficient (Wildman–Crippen LogP) is 4.33. The van der Waals surface area contributed by atoms with Crippen molar-refractivity contribution in [1.29, 1.82) is 0 Å². The zero-order chi connectivity index (χ0) is 20.1. The molecule has 0 aliphatic carbocycles. The highest BCUT2D eigenvalue weighted by Gasteiger charge is 2.28. The molecule has 2 aromatic rings. The molecule has 0 aromatic carbocycles. The molecule has 0 saturated heterocycles. The maximum Gasteiger partial charge on any atom is 0.286 e. The maximum atomic E-state index is 13.1. The average molecular weight is 430 g/mol. The lowest BCUT2D eigenvalue weighted by Gasteiger charge is -2.05. The van der Waals surface area contributed by atoms with Crippen molar-refractivity contribution in [2.45, 2.75) is 32.2 Å². The maximum absolute atomic E-state index is 13.1. The summed E-state index contributed by atoms with van der Waals surface area (Å²) < 4.78 is 57.7. The first-order valence-electron chi connectivity index (χ1n) is 7.58. The molecule has 6 nitrogen and oxygen atoms in total. The molecule has 2 heterocycles. The quantitative estimate of drug-likeness (QED) is 0.365. The summed E-state index contributed by atoms with van der Waals surface area (Å²) in [5, 5.41) is 4.56. The summed E-state index contributed by atoms with van der Waals surface area (Å²) in [4.78, 5) is 22.5. The van der Waals surface area contributed by atoms with E-state index in [0.29, 0.717) is 11.1 Å². The summed E-state index contributed by atoms with van der Waals surface area (Å²) in [6.45, 7) is -0.241. The van der Waals surface area contributed by atoms with Crippen LogP contribution in [0.25, 0.3) is 0 Å². The lowest BCUT2D eigenvalue weighted by molar-refractivity contribution is -0.111. The Morgan fingerprint density at radius 1 is 1.22 bits per heavy atom. The number of rotatable bonds is 9. The second-order valence-electron chi connectivity index (χ2n) is 5.32. The molecule has 148 valence electrons. The van der Waals surface area contributed by atoms with Crippen molar-refractivity contribution >= 4 is 34.4 Å². The third-order valence-corrected chi connectivity index (χ3v) is 3.97. The van der Waals surface area contributed by atoms with Crippen LogP contribution in [0.2, 0.25) is 5.02 Å². The van der Waals surface area contributed by atoms with E-state index in [9.17, 15) is 27.2 Å². The van der Waals surface area contributed by atoms with Gasteiger partial charge in [-0.3, -0.25) is 14.3 Å². The van der Waals surface area contributed by atoms with Gasteiger partial charge in [-0.05, 0) is 30.2 Å². The van der Waals surface area contributed by atoms with Crippen molar-refractivity contribution in [3.63, 3.8) is 0 Å². The molecule has 27 heavy (non-hydrogen) atoms. The van der Waals surface area contributed by atoms with E-state index in [1.807, 2.05) is 0 Å². The SMILES string of the molecule is O=C(Cl)CCCNC(=O)c1ccc(Cn2nc(C(F)F)c(Cl)c2C(F)F)o1. The zero-order valence-corrected chi connectivity index (χ0v) is 15.0. The fourth-order valence-electron chi connectivity index (χ4n) is 2.19. The summed E-state index contributed by atoms with van der Waals surface area (Å²) in [5.41, 5.74) is -1.81. The number of nitrogens with zero attached hydrogens (tertiary/aromatic N) is 2. The molecule has 0 atom stereocenters. The minimum Gasteiger partial charge on any atom is -0.454 e. The highest BCUT2D eigenvalue weighted by Crippen LogP contribution is 2.34. The van der Waals surface area contributed by atoms with Crippen LogP contribution in [0.4, 0.5) is 17.6 Å². The van der Waals surface area contributed by atoms with Crippen molar-refractivity contribution in [3.05, 3.63) is 40.1 Å². The van der Waals surface area contributed by atoms with Crippen LogP contribution in [0.5, 0.6) is 0 Å². The van der Waals surface area contributed by atoms with E-state index in [1.165, 1.54) is 12.1 Å². The van der Waals surface area contributed by atoms with Gasteiger partial charge < -0.3 is 9.73 Å². The Morgan fingerprint density at radius 2 is 1.93 bits per heavy atom. The Balaban J connectivity index is 2.08. The van der Waals surface area contributed by atoms with Crippen LogP contribution in [-0.4, -0.2) is 27.5 Å². The number of halogens is 6. The van der Waals surface area contributed by atoms with Crippen molar-refractivity contribution in [3.8, 4) is 0 Å². The molecule has 0 fully saturated rings. The second-order valence-corrected chi connectivity index (χ2v) is 6.12. The topological polar surface area (TPSA) is 77.1 Å². The first-order chi connectivity index (χ1) is 12.7. The second kappa shape index (κ2) is 9.23. The van der Waals surface area contributed by atoms with Gasteiger partial charge in [0.15, 0.2) is 5.76 Å². The normalized spacial score (nSPS) is 11.4. The molecule has 0 spiro atoms. The number of aromatic nitrogens is 2. The molecule has 0 aliphatic heterocycles. The summed E-state index contributed by atoms with van der Waals surface area (Å²) in [5.74, 6) is -0.671. The molecule has 0 unspecified atom stereocenters. The number of nitrogens with one attached hydrogen (secondary N) is 1. The molecular formula is C15H13Cl2F4N3O3. The van der Waals surface area contributed by atoms with Crippen LogP contribution >= 0.6 is 23.2 Å². The van der Waals surface area contributed by atoms with Gasteiger partial charge in [-0.25, -0.2) is 17.6 Å². The van der Waals surface area contributed by atoms with E-state index in [4.69, 9.17) is 27.6 Å². The van der Waals surface area contributed by atoms with Gasteiger partial charge in [0.2, 0.25) is 5.24 Å². The van der Waals surface area contributed by atoms with Crippen molar-refractivity contribution in [2.75, 3.05) is 6.54 Å². The Kier molecular flexibility index (Phi) is 7.25. The van der Waals surface area contributed by atoms with Gasteiger partial charge >= 0.3 is 0 Å². The smallest absolute Gasteiger partial charge is 0.286 e. The third kappa shape index (κ3) is 5.46. The number of furan rings is 1. The number of hydrogen-bond donors (Lipinski definition) is 1. The largest absolute Gasteiger partial charge is 0.454 e. The van der Waals surface area contributed by atoms with Gasteiger partial charge in [-0.15, -0.1) is 0 Å². The van der Waals surface area contributed by atoms with Crippen LogP contribution in [0.15, 0.2) is 16.5 Å². The van der Waals surface area contributed by atoms with Crippen molar-refractivity contribution in [1.82, 2.24) is 15.1 Å². The highest BCUT2D eigenvalue weighted by atomic mass is 35.5. The van der Waals surface area contributed by atoms with Crippen LogP contribution in [0.1, 0.15) is 53.4 Å². The first-order valence-corrected chi connectivity index (χ1v) is 8.34. The molecule has 2 rings (SSSR count). The van der Waals surface area contributed by atoms with Crippen LogP contribution in [-0.2, 0) is 11.3 Å². The minimum absolute atomic E-state index is 0.0398. The van der Waals surface area contributed by atoms with E-state index >= 15 is 0 Å². The zero-order valence-electron chi connectivity index (χ0n) is 13.5. The van der Waals surface area contributed by atoms with E-state index < -0.39 is 47.0 Å². The number of hydrogen-bond acceptors (Lipinski definition) is 4. The summed E-state index contributed by atoms with van der Waals surface area (Å²) >= 11 is 10.7. The van der Waals surface area contributed by atoms with Gasteiger partial charge in [-0.2, -0.15) is 5.10 Å². The van der Waals surface area contributed by atoms with Gasteiger partial charge in [0.25, 0.3) is 18.8 Å². The van der Waals surface area contributed by atoms with Gasteiger partial charge in [0.1, 0.15) is 17.1 Å². The predicted molar refractivity (Wildman–Crippen MR) is 87.4 cm³/mol. The fourth-order valence-corrected chi connectivity index (χ4v) is 2.62. The fraction of sp³-hybridized carbons (Fsp3) is 0.400. The van der Waals surface area contributed by atoms with E-state index in [-0.39, 0.29) is 24.5 Å². The monoisotopic (exact) mass is 429 g/mol. The first kappa shape index (κ1) is 21.2. The van der Waals surface area contributed by atoms with Crippen LogP contribution in [0, 0.1) is 0 Å². The van der Waals surface area contributed by atoms with Gasteiger partial charge in [0, 0.05) is 13.0 Å². The number of alkyl halides is 4. The third-order valence-electron chi connectivity index (χ3n) is 3.40. The standard InChI is InChI=1S/C15H13Cl2F4N3O3/c16-9(25)2-1-5-22-15(26)8-4-3-7(27-8)6-24-12(14(20)21)10(17)11(23-24)13(18)19/h3-4,13-14H,1-2,5-6H2,(H,22,26). The number of carbonyl (C=O) groups is 2.